The Morgan fingerprint density at radius 1 is 1.25 bits per heavy atom. The molecule has 0 saturated carbocycles. The predicted molar refractivity (Wildman–Crippen MR) is 79.5 cm³/mol. The number of aromatic nitrogens is 1. The average molecular weight is 269 g/mol. The van der Waals surface area contributed by atoms with Gasteiger partial charge in [-0.2, -0.15) is 5.26 Å². The molecular weight excluding hydrogens is 250 g/mol. The molecule has 0 amide bonds. The summed E-state index contributed by atoms with van der Waals surface area (Å²) in [6, 6.07) is 13.8. The fourth-order valence-corrected chi connectivity index (χ4v) is 1.97. The maximum absolute atomic E-state index is 9.25. The fourth-order valence-electron chi connectivity index (χ4n) is 1.97. The first-order chi connectivity index (χ1) is 9.40. The Labute approximate surface area is 119 Å². The van der Waals surface area contributed by atoms with Gasteiger partial charge in [-0.1, -0.05) is 30.3 Å². The van der Waals surface area contributed by atoms with Gasteiger partial charge in [0.25, 0.3) is 0 Å². The van der Waals surface area contributed by atoms with Crippen LogP contribution in [0.25, 0.3) is 0 Å². The summed E-state index contributed by atoms with van der Waals surface area (Å²) in [7, 11) is 0. The molecule has 0 spiro atoms. The van der Waals surface area contributed by atoms with Crippen molar-refractivity contribution >= 4 is 5.69 Å². The second-order valence-electron chi connectivity index (χ2n) is 5.69. The molecule has 1 heterocycles. The van der Waals surface area contributed by atoms with Crippen molar-refractivity contribution in [2.45, 2.75) is 32.9 Å². The average Bonchev–Trinajstić information content (AvgIpc) is 2.66. The van der Waals surface area contributed by atoms with Crippen molar-refractivity contribution in [3.8, 4) is 11.9 Å². The van der Waals surface area contributed by atoms with Gasteiger partial charge < -0.3 is 10.5 Å². The van der Waals surface area contributed by atoms with Gasteiger partial charge in [0.05, 0.1) is 12.2 Å². The lowest BCUT2D eigenvalue weighted by Crippen LogP contribution is -2.25. The Morgan fingerprint density at radius 2 is 1.90 bits per heavy atom. The molecule has 0 aliphatic carbocycles. The monoisotopic (exact) mass is 269 g/mol. The summed E-state index contributed by atoms with van der Waals surface area (Å²) < 4.78 is 7.72. The van der Waals surface area contributed by atoms with Gasteiger partial charge in [-0.05, 0) is 26.3 Å². The third-order valence-electron chi connectivity index (χ3n) is 2.78. The van der Waals surface area contributed by atoms with Gasteiger partial charge in [-0.25, -0.2) is 0 Å². The molecular formula is C16H19N3O. The van der Waals surface area contributed by atoms with E-state index < -0.39 is 0 Å². The maximum atomic E-state index is 9.25. The largest absolute Gasteiger partial charge is 0.472 e. The summed E-state index contributed by atoms with van der Waals surface area (Å²) >= 11 is 0. The van der Waals surface area contributed by atoms with E-state index in [1.807, 2.05) is 55.7 Å². The van der Waals surface area contributed by atoms with Crippen LogP contribution in [0.3, 0.4) is 0 Å². The summed E-state index contributed by atoms with van der Waals surface area (Å²) in [6.07, 6.45) is 0. The molecule has 0 aliphatic rings. The molecule has 0 bridgehead atoms. The zero-order chi connectivity index (χ0) is 14.8. The summed E-state index contributed by atoms with van der Waals surface area (Å²) in [5.41, 5.74) is 7.71. The van der Waals surface area contributed by atoms with E-state index in [9.17, 15) is 5.26 Å². The molecule has 1 aromatic heterocycles. The van der Waals surface area contributed by atoms with Gasteiger partial charge in [-0.3, -0.25) is 4.57 Å². The quantitative estimate of drug-likeness (QED) is 0.930. The van der Waals surface area contributed by atoms with Crippen LogP contribution in [0, 0.1) is 11.3 Å². The molecule has 0 saturated heterocycles. The van der Waals surface area contributed by atoms with E-state index in [0.717, 1.165) is 5.56 Å². The topological polar surface area (TPSA) is 64.0 Å². The Hall–Kier alpha value is -2.41. The molecule has 4 nitrogen and oxygen atoms in total. The highest BCUT2D eigenvalue weighted by atomic mass is 16.5. The zero-order valence-corrected chi connectivity index (χ0v) is 12.1. The van der Waals surface area contributed by atoms with E-state index >= 15 is 0 Å². The van der Waals surface area contributed by atoms with Crippen molar-refractivity contribution in [3.05, 3.63) is 47.7 Å². The van der Waals surface area contributed by atoms with Crippen molar-refractivity contribution in [2.24, 2.45) is 0 Å². The number of benzene rings is 1. The van der Waals surface area contributed by atoms with Crippen LogP contribution in [-0.4, -0.2) is 10.2 Å². The number of ether oxygens (including phenoxy) is 1. The normalized spacial score (nSPS) is 11.1. The Balaban J connectivity index is 2.42. The maximum Gasteiger partial charge on any atom is 0.219 e. The Bertz CT molecular complexity index is 630. The van der Waals surface area contributed by atoms with Crippen molar-refractivity contribution in [2.75, 3.05) is 5.73 Å². The lowest BCUT2D eigenvalue weighted by Gasteiger charge is -2.23. The van der Waals surface area contributed by atoms with E-state index in [-0.39, 0.29) is 5.60 Å². The molecule has 0 radical (unpaired) electrons. The molecule has 1 aromatic carbocycles. The van der Waals surface area contributed by atoms with Gasteiger partial charge >= 0.3 is 0 Å². The highest BCUT2D eigenvalue weighted by Crippen LogP contribution is 2.30. The SMILES string of the molecule is CC(C)(C)Oc1c(N)cc(C#N)n1Cc1ccccc1. The van der Waals surface area contributed by atoms with Crippen molar-refractivity contribution in [3.63, 3.8) is 0 Å². The highest BCUT2D eigenvalue weighted by Gasteiger charge is 2.20. The minimum absolute atomic E-state index is 0.367. The van der Waals surface area contributed by atoms with Crippen LogP contribution in [0.1, 0.15) is 32.0 Å². The van der Waals surface area contributed by atoms with Crippen LogP contribution in [0.4, 0.5) is 5.69 Å². The molecule has 0 fully saturated rings. The minimum atomic E-state index is -0.367. The van der Waals surface area contributed by atoms with Gasteiger partial charge in [0.2, 0.25) is 5.88 Å². The number of hydrogen-bond acceptors (Lipinski definition) is 3. The second kappa shape index (κ2) is 5.30. The third kappa shape index (κ3) is 3.12. The molecule has 2 rings (SSSR count). The zero-order valence-electron chi connectivity index (χ0n) is 12.1. The number of nitriles is 1. The summed E-state index contributed by atoms with van der Waals surface area (Å²) in [5.74, 6) is 0.554. The van der Waals surface area contributed by atoms with E-state index in [4.69, 9.17) is 10.5 Å². The van der Waals surface area contributed by atoms with Crippen LogP contribution < -0.4 is 10.5 Å². The highest BCUT2D eigenvalue weighted by molar-refractivity contribution is 5.55. The van der Waals surface area contributed by atoms with E-state index in [1.165, 1.54) is 0 Å². The van der Waals surface area contributed by atoms with Crippen LogP contribution >= 0.6 is 0 Å². The summed E-state index contributed by atoms with van der Waals surface area (Å²) in [5, 5.41) is 9.25. The number of anilines is 1. The van der Waals surface area contributed by atoms with Crippen molar-refractivity contribution in [1.82, 2.24) is 4.57 Å². The van der Waals surface area contributed by atoms with E-state index in [0.29, 0.717) is 23.8 Å². The molecule has 0 aliphatic heterocycles. The number of hydrogen-bond donors (Lipinski definition) is 1. The standard InChI is InChI=1S/C16H19N3O/c1-16(2,3)20-15-14(18)9-13(10-17)19(15)11-12-7-5-4-6-8-12/h4-9H,11,18H2,1-3H3. The van der Waals surface area contributed by atoms with Gasteiger partial charge in [0, 0.05) is 6.07 Å². The van der Waals surface area contributed by atoms with Crippen LogP contribution in [-0.2, 0) is 6.54 Å². The van der Waals surface area contributed by atoms with Crippen LogP contribution in [0.2, 0.25) is 0 Å². The van der Waals surface area contributed by atoms with Crippen molar-refractivity contribution in [1.29, 1.82) is 5.26 Å². The van der Waals surface area contributed by atoms with Crippen molar-refractivity contribution < 1.29 is 4.74 Å². The summed E-state index contributed by atoms with van der Waals surface area (Å²) in [4.78, 5) is 0. The number of nitrogens with zero attached hydrogens (tertiary/aromatic N) is 2. The lowest BCUT2D eigenvalue weighted by molar-refractivity contribution is 0.119. The first kappa shape index (κ1) is 14.0. The molecule has 2 aromatic rings. The van der Waals surface area contributed by atoms with Gasteiger partial charge in [-0.15, -0.1) is 0 Å². The first-order valence-electron chi connectivity index (χ1n) is 6.53. The van der Waals surface area contributed by atoms with Gasteiger partial charge in [0.15, 0.2) is 0 Å². The predicted octanol–water partition coefficient (Wildman–Crippen LogP) is 3.17. The Kier molecular flexibility index (Phi) is 3.71. The third-order valence-corrected chi connectivity index (χ3v) is 2.78. The number of nitrogen functional groups attached to an aromatic ring is 1. The molecule has 104 valence electrons. The van der Waals surface area contributed by atoms with Crippen LogP contribution in [0.15, 0.2) is 36.4 Å². The molecule has 0 atom stereocenters. The smallest absolute Gasteiger partial charge is 0.219 e. The lowest BCUT2D eigenvalue weighted by atomic mass is 10.2. The van der Waals surface area contributed by atoms with E-state index in [2.05, 4.69) is 6.07 Å². The molecule has 20 heavy (non-hydrogen) atoms. The van der Waals surface area contributed by atoms with E-state index in [1.54, 1.807) is 6.07 Å². The Morgan fingerprint density at radius 3 is 2.45 bits per heavy atom. The summed E-state index contributed by atoms with van der Waals surface area (Å²) in [6.45, 7) is 6.43. The molecule has 4 heteroatoms. The first-order valence-corrected chi connectivity index (χ1v) is 6.53. The molecule has 2 N–H and O–H groups in total. The van der Waals surface area contributed by atoms with Gasteiger partial charge in [0.1, 0.15) is 17.4 Å². The molecule has 0 unspecified atom stereocenters. The number of nitrogens with two attached hydrogens (primary N) is 1. The number of rotatable bonds is 3. The van der Waals surface area contributed by atoms with Crippen LogP contribution in [0.5, 0.6) is 5.88 Å². The fraction of sp³-hybridized carbons (Fsp3) is 0.312. The second-order valence-corrected chi connectivity index (χ2v) is 5.69. The minimum Gasteiger partial charge on any atom is -0.472 e.